The minimum absolute atomic E-state index is 0.0613. The van der Waals surface area contributed by atoms with E-state index in [0.717, 1.165) is 23.5 Å². The summed E-state index contributed by atoms with van der Waals surface area (Å²) >= 11 is 0. The molecule has 2 aromatic carbocycles. The Bertz CT molecular complexity index is 664. The first-order valence-electron chi connectivity index (χ1n) is 8.99. The second-order valence-corrected chi connectivity index (χ2v) is 6.83. The molecule has 0 radical (unpaired) electrons. The lowest BCUT2D eigenvalue weighted by molar-refractivity contribution is -0.153. The molecule has 0 aliphatic rings. The van der Waals surface area contributed by atoms with Gasteiger partial charge in [0, 0.05) is 0 Å². The lowest BCUT2D eigenvalue weighted by Gasteiger charge is -2.24. The molecule has 3 nitrogen and oxygen atoms in total. The summed E-state index contributed by atoms with van der Waals surface area (Å²) in [5.41, 5.74) is 0.924. The topological polar surface area (TPSA) is 35.5 Å². The average Bonchev–Trinajstić information content (AvgIpc) is 2.61. The predicted octanol–water partition coefficient (Wildman–Crippen LogP) is 5.84. The minimum atomic E-state index is -0.112. The Morgan fingerprint density at radius 3 is 2.28 bits per heavy atom. The molecule has 0 amide bonds. The summed E-state index contributed by atoms with van der Waals surface area (Å²) in [4.78, 5) is 12.5. The molecule has 2 atom stereocenters. The van der Waals surface area contributed by atoms with E-state index in [1.165, 1.54) is 0 Å². The van der Waals surface area contributed by atoms with Crippen LogP contribution >= 0.6 is 0 Å². The maximum absolute atomic E-state index is 12.5. The third-order valence-corrected chi connectivity index (χ3v) is 4.51. The van der Waals surface area contributed by atoms with Crippen molar-refractivity contribution in [1.82, 2.24) is 0 Å². The summed E-state index contributed by atoms with van der Waals surface area (Å²) in [7, 11) is 0. The van der Waals surface area contributed by atoms with E-state index in [2.05, 4.69) is 27.7 Å². The largest absolute Gasteiger partial charge is 0.461 e. The van der Waals surface area contributed by atoms with Gasteiger partial charge in [-0.05, 0) is 41.7 Å². The number of para-hydroxylation sites is 1. The summed E-state index contributed by atoms with van der Waals surface area (Å²) < 4.78 is 11.4. The van der Waals surface area contributed by atoms with Gasteiger partial charge in [0.2, 0.25) is 0 Å². The van der Waals surface area contributed by atoms with Gasteiger partial charge in [-0.25, -0.2) is 0 Å². The van der Waals surface area contributed by atoms with E-state index in [9.17, 15) is 4.79 Å². The Morgan fingerprint density at radius 1 is 0.960 bits per heavy atom. The number of hydrogen-bond donors (Lipinski definition) is 0. The molecule has 0 fully saturated rings. The molecule has 0 aliphatic heterocycles. The SMILES string of the molecule is CCC(C)C(C(=O)OCc1cccc(Oc2ccccc2)c1)C(C)C. The van der Waals surface area contributed by atoms with E-state index in [4.69, 9.17) is 9.47 Å². The smallest absolute Gasteiger partial charge is 0.309 e. The predicted molar refractivity (Wildman–Crippen MR) is 101 cm³/mol. The molecule has 3 heteroatoms. The van der Waals surface area contributed by atoms with Gasteiger partial charge in [-0.15, -0.1) is 0 Å². The summed E-state index contributed by atoms with van der Waals surface area (Å²) in [5.74, 6) is 1.94. The Morgan fingerprint density at radius 2 is 1.64 bits per heavy atom. The highest BCUT2D eigenvalue weighted by atomic mass is 16.5. The molecule has 2 rings (SSSR count). The number of carbonyl (C=O) groups is 1. The van der Waals surface area contributed by atoms with E-state index < -0.39 is 0 Å². The average molecular weight is 340 g/mol. The molecule has 0 bridgehead atoms. The second kappa shape index (κ2) is 9.26. The first-order valence-corrected chi connectivity index (χ1v) is 8.99. The molecule has 134 valence electrons. The highest BCUT2D eigenvalue weighted by Gasteiger charge is 2.28. The summed E-state index contributed by atoms with van der Waals surface area (Å²) in [6.07, 6.45) is 0.971. The lowest BCUT2D eigenvalue weighted by Crippen LogP contribution is -2.28. The fourth-order valence-corrected chi connectivity index (χ4v) is 2.99. The summed E-state index contributed by atoms with van der Waals surface area (Å²) in [6.45, 7) is 8.64. The Balaban J connectivity index is 1.98. The van der Waals surface area contributed by atoms with Crippen molar-refractivity contribution in [3.8, 4) is 11.5 Å². The third kappa shape index (κ3) is 5.63. The number of carbonyl (C=O) groups excluding carboxylic acids is 1. The maximum atomic E-state index is 12.5. The van der Waals surface area contributed by atoms with Crippen LogP contribution in [0.5, 0.6) is 11.5 Å². The number of rotatable bonds is 8. The van der Waals surface area contributed by atoms with Gasteiger partial charge in [0.05, 0.1) is 5.92 Å². The van der Waals surface area contributed by atoms with Gasteiger partial charge in [0.25, 0.3) is 0 Å². The van der Waals surface area contributed by atoms with Crippen molar-refractivity contribution in [1.29, 1.82) is 0 Å². The van der Waals surface area contributed by atoms with Gasteiger partial charge in [-0.2, -0.15) is 0 Å². The molecule has 0 saturated heterocycles. The van der Waals surface area contributed by atoms with Crippen LogP contribution in [0.3, 0.4) is 0 Å². The van der Waals surface area contributed by atoms with Crippen molar-refractivity contribution in [2.45, 2.75) is 40.7 Å². The van der Waals surface area contributed by atoms with Crippen molar-refractivity contribution in [2.75, 3.05) is 0 Å². The number of esters is 1. The van der Waals surface area contributed by atoms with Crippen molar-refractivity contribution >= 4 is 5.97 Å². The summed E-state index contributed by atoms with van der Waals surface area (Å²) in [6, 6.07) is 17.3. The van der Waals surface area contributed by atoms with Crippen LogP contribution < -0.4 is 4.74 Å². The van der Waals surface area contributed by atoms with Crippen LogP contribution in [0.15, 0.2) is 54.6 Å². The summed E-state index contributed by atoms with van der Waals surface area (Å²) in [5, 5.41) is 0. The second-order valence-electron chi connectivity index (χ2n) is 6.83. The molecule has 2 unspecified atom stereocenters. The molecule has 0 spiro atoms. The van der Waals surface area contributed by atoms with E-state index in [1.54, 1.807) is 0 Å². The number of ether oxygens (including phenoxy) is 2. The number of hydrogen-bond acceptors (Lipinski definition) is 3. The van der Waals surface area contributed by atoms with E-state index in [-0.39, 0.29) is 24.4 Å². The Hall–Kier alpha value is -2.29. The van der Waals surface area contributed by atoms with Gasteiger partial charge < -0.3 is 9.47 Å². The molecule has 2 aromatic rings. The standard InChI is InChI=1S/C22H28O3/c1-5-17(4)21(16(2)3)22(23)24-15-18-10-9-13-20(14-18)25-19-11-7-6-8-12-19/h6-14,16-17,21H,5,15H2,1-4H3. The normalized spacial score (nSPS) is 13.3. The molecular weight excluding hydrogens is 312 g/mol. The van der Waals surface area contributed by atoms with Crippen molar-refractivity contribution in [3.63, 3.8) is 0 Å². The van der Waals surface area contributed by atoms with Crippen molar-refractivity contribution in [2.24, 2.45) is 17.8 Å². The number of benzene rings is 2. The van der Waals surface area contributed by atoms with Gasteiger partial charge in [-0.3, -0.25) is 4.79 Å². The van der Waals surface area contributed by atoms with Crippen LogP contribution in [-0.2, 0) is 16.1 Å². The molecule has 0 heterocycles. The van der Waals surface area contributed by atoms with Crippen LogP contribution in [0.4, 0.5) is 0 Å². The van der Waals surface area contributed by atoms with Crippen LogP contribution in [-0.4, -0.2) is 5.97 Å². The van der Waals surface area contributed by atoms with E-state index >= 15 is 0 Å². The molecule has 0 N–H and O–H groups in total. The Kier molecular flexibility index (Phi) is 7.05. The van der Waals surface area contributed by atoms with Crippen LogP contribution in [0.1, 0.15) is 39.7 Å². The van der Waals surface area contributed by atoms with Crippen LogP contribution in [0.2, 0.25) is 0 Å². The first-order chi connectivity index (χ1) is 12.0. The van der Waals surface area contributed by atoms with Crippen LogP contribution in [0.25, 0.3) is 0 Å². The molecule has 25 heavy (non-hydrogen) atoms. The quantitative estimate of drug-likeness (QED) is 0.566. The highest BCUT2D eigenvalue weighted by molar-refractivity contribution is 5.73. The zero-order valence-electron chi connectivity index (χ0n) is 15.6. The Labute approximate surface area is 151 Å². The maximum Gasteiger partial charge on any atom is 0.309 e. The monoisotopic (exact) mass is 340 g/mol. The van der Waals surface area contributed by atoms with E-state index in [0.29, 0.717) is 5.92 Å². The first kappa shape index (κ1) is 19.0. The van der Waals surface area contributed by atoms with Gasteiger partial charge in [-0.1, -0.05) is 64.4 Å². The molecular formula is C22H28O3. The van der Waals surface area contributed by atoms with E-state index in [1.807, 2.05) is 54.6 Å². The zero-order chi connectivity index (χ0) is 18.2. The van der Waals surface area contributed by atoms with Gasteiger partial charge in [0.1, 0.15) is 18.1 Å². The highest BCUT2D eigenvalue weighted by Crippen LogP contribution is 2.26. The van der Waals surface area contributed by atoms with Crippen molar-refractivity contribution in [3.05, 3.63) is 60.2 Å². The van der Waals surface area contributed by atoms with Crippen molar-refractivity contribution < 1.29 is 14.3 Å². The molecule has 0 saturated carbocycles. The van der Waals surface area contributed by atoms with Crippen LogP contribution in [0, 0.1) is 17.8 Å². The fraction of sp³-hybridized carbons (Fsp3) is 0.409. The molecule has 0 aromatic heterocycles. The lowest BCUT2D eigenvalue weighted by atomic mass is 9.83. The van der Waals surface area contributed by atoms with Gasteiger partial charge >= 0.3 is 5.97 Å². The van der Waals surface area contributed by atoms with Gasteiger partial charge in [0.15, 0.2) is 0 Å². The third-order valence-electron chi connectivity index (χ3n) is 4.51. The molecule has 0 aliphatic carbocycles. The minimum Gasteiger partial charge on any atom is -0.461 e. The zero-order valence-corrected chi connectivity index (χ0v) is 15.6. The fourth-order valence-electron chi connectivity index (χ4n) is 2.99.